The maximum absolute atomic E-state index is 5.55. The van der Waals surface area contributed by atoms with E-state index >= 15 is 0 Å². The molecule has 13 heavy (non-hydrogen) atoms. The maximum Gasteiger partial charge on any atom is 0.0599 e. The maximum atomic E-state index is 5.55. The van der Waals surface area contributed by atoms with Crippen LogP contribution in [0.3, 0.4) is 0 Å². The highest BCUT2D eigenvalue weighted by molar-refractivity contribution is 4.86. The van der Waals surface area contributed by atoms with Crippen LogP contribution >= 0.6 is 0 Å². The molecule has 0 aromatic heterocycles. The van der Waals surface area contributed by atoms with Gasteiger partial charge in [-0.3, -0.25) is 0 Å². The Hall–Kier alpha value is -0.0400. The minimum Gasteiger partial charge on any atom is -0.381 e. The average molecular weight is 182 g/mol. The highest BCUT2D eigenvalue weighted by atomic mass is 16.5. The van der Waals surface area contributed by atoms with Gasteiger partial charge in [-0.05, 0) is 30.6 Å². The number of ether oxygens (including phenoxy) is 1. The van der Waals surface area contributed by atoms with Crippen molar-refractivity contribution in [1.82, 2.24) is 0 Å². The van der Waals surface area contributed by atoms with E-state index in [9.17, 15) is 0 Å². The Balaban J connectivity index is 1.97. The molecular formula is C12H22O. The predicted octanol–water partition coefficient (Wildman–Crippen LogP) is 3.24. The van der Waals surface area contributed by atoms with E-state index < -0.39 is 0 Å². The van der Waals surface area contributed by atoms with E-state index in [0.717, 1.165) is 17.8 Å². The lowest BCUT2D eigenvalue weighted by Gasteiger charge is -2.42. The molecule has 76 valence electrons. The van der Waals surface area contributed by atoms with Crippen LogP contribution in [0.4, 0.5) is 0 Å². The molecule has 2 aliphatic carbocycles. The van der Waals surface area contributed by atoms with Gasteiger partial charge in [0.25, 0.3) is 0 Å². The highest BCUT2D eigenvalue weighted by Gasteiger charge is 2.35. The normalized spacial score (nSPS) is 45.7. The quantitative estimate of drug-likeness (QED) is 0.605. The van der Waals surface area contributed by atoms with Crippen molar-refractivity contribution in [2.75, 3.05) is 7.11 Å². The Morgan fingerprint density at radius 3 is 2.23 bits per heavy atom. The van der Waals surface area contributed by atoms with Crippen molar-refractivity contribution in [3.8, 4) is 0 Å². The lowest BCUT2D eigenvalue weighted by Crippen LogP contribution is -2.36. The van der Waals surface area contributed by atoms with E-state index in [1.165, 1.54) is 38.5 Å². The summed E-state index contributed by atoms with van der Waals surface area (Å²) in [5.74, 6) is 2.83. The fourth-order valence-corrected chi connectivity index (χ4v) is 3.39. The fourth-order valence-electron chi connectivity index (χ4n) is 3.39. The molecule has 0 N–H and O–H groups in total. The van der Waals surface area contributed by atoms with Gasteiger partial charge in [0.1, 0.15) is 0 Å². The van der Waals surface area contributed by atoms with Crippen molar-refractivity contribution in [3.63, 3.8) is 0 Å². The third-order valence-corrected chi connectivity index (χ3v) is 4.21. The van der Waals surface area contributed by atoms with Crippen molar-refractivity contribution in [3.05, 3.63) is 0 Å². The minimum atomic E-state index is 0.555. The summed E-state index contributed by atoms with van der Waals surface area (Å²) in [6.45, 7) is 2.36. The summed E-state index contributed by atoms with van der Waals surface area (Å²) in [7, 11) is 1.88. The first kappa shape index (κ1) is 9.51. The Bertz CT molecular complexity index is 167. The summed E-state index contributed by atoms with van der Waals surface area (Å²) in [4.78, 5) is 0. The second kappa shape index (κ2) is 4.00. The molecule has 2 rings (SSSR count). The van der Waals surface area contributed by atoms with E-state index in [1.54, 1.807) is 0 Å². The van der Waals surface area contributed by atoms with Crippen molar-refractivity contribution < 1.29 is 4.74 Å². The van der Waals surface area contributed by atoms with Crippen molar-refractivity contribution in [2.45, 2.75) is 51.6 Å². The van der Waals surface area contributed by atoms with Gasteiger partial charge >= 0.3 is 0 Å². The number of hydrogen-bond acceptors (Lipinski definition) is 1. The highest BCUT2D eigenvalue weighted by Crippen LogP contribution is 2.43. The molecule has 4 unspecified atom stereocenters. The molecule has 2 saturated carbocycles. The summed E-state index contributed by atoms with van der Waals surface area (Å²) < 4.78 is 5.55. The summed E-state index contributed by atoms with van der Waals surface area (Å²) in [6, 6.07) is 0. The number of methoxy groups -OCH3 is 1. The van der Waals surface area contributed by atoms with Crippen LogP contribution in [-0.4, -0.2) is 13.2 Å². The van der Waals surface area contributed by atoms with Crippen LogP contribution in [0.25, 0.3) is 0 Å². The Morgan fingerprint density at radius 1 is 1.00 bits per heavy atom. The lowest BCUT2D eigenvalue weighted by atomic mass is 9.67. The van der Waals surface area contributed by atoms with E-state index in [2.05, 4.69) is 6.92 Å². The molecule has 0 aliphatic heterocycles. The third kappa shape index (κ3) is 1.90. The molecule has 0 aromatic rings. The molecule has 4 atom stereocenters. The average Bonchev–Trinajstić information content (AvgIpc) is 2.17. The molecule has 2 aliphatic rings. The third-order valence-electron chi connectivity index (χ3n) is 4.21. The van der Waals surface area contributed by atoms with Gasteiger partial charge in [-0.2, -0.15) is 0 Å². The van der Waals surface area contributed by atoms with Crippen LogP contribution in [0.5, 0.6) is 0 Å². The molecule has 0 amide bonds. The topological polar surface area (TPSA) is 9.23 Å². The van der Waals surface area contributed by atoms with Crippen LogP contribution < -0.4 is 0 Å². The molecule has 1 nitrogen and oxygen atoms in total. The van der Waals surface area contributed by atoms with E-state index in [-0.39, 0.29) is 0 Å². The minimum absolute atomic E-state index is 0.555. The molecule has 0 radical (unpaired) electrons. The van der Waals surface area contributed by atoms with Crippen LogP contribution in [0, 0.1) is 17.8 Å². The van der Waals surface area contributed by atoms with Gasteiger partial charge < -0.3 is 4.74 Å². The second-order valence-electron chi connectivity index (χ2n) is 5.03. The fraction of sp³-hybridized carbons (Fsp3) is 1.00. The van der Waals surface area contributed by atoms with E-state index in [0.29, 0.717) is 6.10 Å². The second-order valence-corrected chi connectivity index (χ2v) is 5.03. The van der Waals surface area contributed by atoms with Gasteiger partial charge in [0.2, 0.25) is 0 Å². The van der Waals surface area contributed by atoms with Crippen molar-refractivity contribution in [2.24, 2.45) is 17.8 Å². The molecular weight excluding hydrogens is 160 g/mol. The van der Waals surface area contributed by atoms with Gasteiger partial charge in [-0.15, -0.1) is 0 Å². The monoisotopic (exact) mass is 182 g/mol. The summed E-state index contributed by atoms with van der Waals surface area (Å²) in [5, 5.41) is 0. The van der Waals surface area contributed by atoms with Gasteiger partial charge in [-0.25, -0.2) is 0 Å². The lowest BCUT2D eigenvalue weighted by molar-refractivity contribution is -0.0221. The molecule has 2 fully saturated rings. The van der Waals surface area contributed by atoms with Gasteiger partial charge in [0, 0.05) is 7.11 Å². The summed E-state index contributed by atoms with van der Waals surface area (Å²) >= 11 is 0. The van der Waals surface area contributed by atoms with Gasteiger partial charge in [0.05, 0.1) is 6.10 Å². The molecule has 0 saturated heterocycles. The number of rotatable bonds is 1. The first-order valence-corrected chi connectivity index (χ1v) is 5.84. The first-order valence-electron chi connectivity index (χ1n) is 5.84. The first-order chi connectivity index (χ1) is 6.31. The smallest absolute Gasteiger partial charge is 0.0599 e. The van der Waals surface area contributed by atoms with E-state index in [1.807, 2.05) is 7.11 Å². The Labute approximate surface area is 81.9 Å². The van der Waals surface area contributed by atoms with Crippen molar-refractivity contribution in [1.29, 1.82) is 0 Å². The SMILES string of the molecule is COC1CC2CCCCC2CC1C. The zero-order chi connectivity index (χ0) is 9.26. The molecule has 0 bridgehead atoms. The Morgan fingerprint density at radius 2 is 1.62 bits per heavy atom. The standard InChI is InChI=1S/C12H22O/c1-9-7-10-5-3-4-6-11(10)8-12(9)13-2/h9-12H,3-8H2,1-2H3. The molecule has 1 heteroatoms. The Kier molecular flexibility index (Phi) is 2.92. The molecule has 0 aromatic carbocycles. The molecule has 0 heterocycles. The van der Waals surface area contributed by atoms with Crippen LogP contribution in [-0.2, 0) is 4.74 Å². The number of hydrogen-bond donors (Lipinski definition) is 0. The summed E-state index contributed by atoms with van der Waals surface area (Å²) in [6.07, 6.45) is 9.21. The van der Waals surface area contributed by atoms with Crippen molar-refractivity contribution >= 4 is 0 Å². The van der Waals surface area contributed by atoms with Gasteiger partial charge in [0.15, 0.2) is 0 Å². The van der Waals surface area contributed by atoms with Crippen LogP contribution in [0.1, 0.15) is 45.4 Å². The summed E-state index contributed by atoms with van der Waals surface area (Å²) in [5.41, 5.74) is 0. The molecule has 0 spiro atoms. The largest absolute Gasteiger partial charge is 0.381 e. The van der Waals surface area contributed by atoms with Crippen LogP contribution in [0.15, 0.2) is 0 Å². The number of fused-ring (bicyclic) bond motifs is 1. The zero-order valence-electron chi connectivity index (χ0n) is 8.96. The predicted molar refractivity (Wildman–Crippen MR) is 54.6 cm³/mol. The van der Waals surface area contributed by atoms with Crippen LogP contribution in [0.2, 0.25) is 0 Å². The van der Waals surface area contributed by atoms with E-state index in [4.69, 9.17) is 4.74 Å². The zero-order valence-corrected chi connectivity index (χ0v) is 8.96. The van der Waals surface area contributed by atoms with Gasteiger partial charge in [-0.1, -0.05) is 32.6 Å².